The molecule has 1 heterocycles. The fraction of sp³-hybridized carbons (Fsp3) is 0.368. The molecule has 2 aromatic rings. The first-order valence-electron chi connectivity index (χ1n) is 8.71. The molecule has 0 aliphatic heterocycles. The average Bonchev–Trinajstić information content (AvgIpc) is 2.92. The Balaban J connectivity index is 1.92. The summed E-state index contributed by atoms with van der Waals surface area (Å²) < 4.78 is 27.3. The summed E-state index contributed by atoms with van der Waals surface area (Å²) in [6, 6.07) is 3.24. The molecular weight excluding hydrogens is 392 g/mol. The van der Waals surface area contributed by atoms with E-state index in [1.165, 1.54) is 24.3 Å². The van der Waals surface area contributed by atoms with Crippen molar-refractivity contribution in [3.8, 4) is 0 Å². The Labute approximate surface area is 165 Å². The predicted octanol–water partition coefficient (Wildman–Crippen LogP) is 2.40. The van der Waals surface area contributed by atoms with Gasteiger partial charge in [-0.15, -0.1) is 0 Å². The maximum Gasteiger partial charge on any atom is 0.166 e. The van der Waals surface area contributed by atoms with Crippen molar-refractivity contribution >= 4 is 29.6 Å². The van der Waals surface area contributed by atoms with Crippen molar-refractivity contribution in [3.63, 3.8) is 0 Å². The first-order valence-corrected chi connectivity index (χ1v) is 9.09. The number of benzene rings is 1. The number of hydrogen-bond acceptors (Lipinski definition) is 6. The van der Waals surface area contributed by atoms with Crippen LogP contribution in [0.15, 0.2) is 18.2 Å². The number of aryl methyl sites for hydroxylation is 1. The van der Waals surface area contributed by atoms with Crippen LogP contribution in [-0.2, 0) is 0 Å². The number of aromatic nitrogens is 2. The van der Waals surface area contributed by atoms with Gasteiger partial charge in [-0.25, -0.2) is 18.7 Å². The molecule has 1 aliphatic rings. The van der Waals surface area contributed by atoms with E-state index in [2.05, 4.69) is 15.3 Å². The summed E-state index contributed by atoms with van der Waals surface area (Å²) >= 11 is 6.22. The molecule has 1 fully saturated rings. The summed E-state index contributed by atoms with van der Waals surface area (Å²) in [5, 5.41) is 32.6. The third-order valence-electron chi connectivity index (χ3n) is 4.78. The number of hydrogen-bond donors (Lipinski definition) is 4. The van der Waals surface area contributed by atoms with Gasteiger partial charge in [-0.05, 0) is 25.5 Å². The molecule has 0 saturated heterocycles. The molecule has 6 nitrogen and oxygen atoms in total. The molecule has 0 amide bonds. The zero-order chi connectivity index (χ0) is 20.4. The normalized spacial score (nSPS) is 24.8. The summed E-state index contributed by atoms with van der Waals surface area (Å²) in [6.45, 7) is 1.37. The van der Waals surface area contributed by atoms with Crippen LogP contribution in [0.1, 0.15) is 23.4 Å². The molecule has 150 valence electrons. The zero-order valence-corrected chi connectivity index (χ0v) is 15.7. The summed E-state index contributed by atoms with van der Waals surface area (Å²) in [7, 11) is 0. The molecule has 0 radical (unpaired) electrons. The highest BCUT2D eigenvalue weighted by Gasteiger charge is 2.41. The van der Waals surface area contributed by atoms with Crippen LogP contribution in [0.5, 0.6) is 0 Å². The van der Waals surface area contributed by atoms with E-state index < -0.39 is 35.8 Å². The first kappa shape index (κ1) is 20.6. The quantitative estimate of drug-likeness (QED) is 0.564. The van der Waals surface area contributed by atoms with Crippen molar-refractivity contribution in [2.75, 3.05) is 11.9 Å². The molecule has 1 saturated carbocycles. The van der Waals surface area contributed by atoms with Crippen molar-refractivity contribution in [1.29, 1.82) is 0 Å². The summed E-state index contributed by atoms with van der Waals surface area (Å²) in [6.07, 6.45) is 0.940. The molecule has 1 aliphatic carbocycles. The van der Waals surface area contributed by atoms with Crippen LogP contribution < -0.4 is 5.32 Å². The second-order valence-electron chi connectivity index (χ2n) is 6.71. The van der Waals surface area contributed by atoms with E-state index in [0.29, 0.717) is 17.8 Å². The van der Waals surface area contributed by atoms with E-state index in [-0.39, 0.29) is 23.1 Å². The van der Waals surface area contributed by atoms with Crippen molar-refractivity contribution in [3.05, 3.63) is 51.9 Å². The minimum Gasteiger partial charge on any atom is -0.396 e. The van der Waals surface area contributed by atoms with Crippen LogP contribution in [0.3, 0.4) is 0 Å². The highest BCUT2D eigenvalue weighted by molar-refractivity contribution is 6.31. The van der Waals surface area contributed by atoms with Crippen molar-refractivity contribution < 1.29 is 24.1 Å². The maximum absolute atomic E-state index is 13.9. The Bertz CT molecular complexity index is 897. The molecule has 0 spiro atoms. The van der Waals surface area contributed by atoms with E-state index in [0.717, 1.165) is 6.07 Å². The van der Waals surface area contributed by atoms with E-state index in [9.17, 15) is 24.1 Å². The van der Waals surface area contributed by atoms with E-state index in [4.69, 9.17) is 11.6 Å². The maximum atomic E-state index is 13.9. The molecule has 3 rings (SSSR count). The molecule has 1 aromatic heterocycles. The van der Waals surface area contributed by atoms with Gasteiger partial charge in [0, 0.05) is 18.1 Å². The first-order chi connectivity index (χ1) is 13.3. The topological polar surface area (TPSA) is 98.5 Å². The summed E-state index contributed by atoms with van der Waals surface area (Å²) in [5.74, 6) is -1.78. The summed E-state index contributed by atoms with van der Waals surface area (Å²) in [5.41, 5.74) is 0.351. The SMILES string of the molecule is Cc1nc(Cl)c(/C=C/c2cccc(F)c2F)c(N[C@@H]2C[C@H](CO)[C@@H](O)[C@H]2O)n1. The smallest absolute Gasteiger partial charge is 0.166 e. The number of nitrogens with zero attached hydrogens (tertiary/aromatic N) is 2. The molecule has 0 bridgehead atoms. The lowest BCUT2D eigenvalue weighted by atomic mass is 10.1. The van der Waals surface area contributed by atoms with E-state index in [1.807, 2.05) is 0 Å². The largest absolute Gasteiger partial charge is 0.396 e. The molecule has 0 unspecified atom stereocenters. The average molecular weight is 412 g/mol. The van der Waals surface area contributed by atoms with Gasteiger partial charge >= 0.3 is 0 Å². The van der Waals surface area contributed by atoms with E-state index >= 15 is 0 Å². The number of nitrogens with one attached hydrogen (secondary N) is 1. The Kier molecular flexibility index (Phi) is 6.24. The highest BCUT2D eigenvalue weighted by Crippen LogP contribution is 2.31. The van der Waals surface area contributed by atoms with Crippen molar-refractivity contribution in [2.45, 2.75) is 31.6 Å². The molecule has 28 heavy (non-hydrogen) atoms. The second kappa shape index (κ2) is 8.48. The Morgan fingerprint density at radius 3 is 2.64 bits per heavy atom. The van der Waals surface area contributed by atoms with Gasteiger partial charge in [-0.2, -0.15) is 0 Å². The van der Waals surface area contributed by atoms with Crippen molar-refractivity contribution in [2.24, 2.45) is 5.92 Å². The third kappa shape index (κ3) is 4.15. The van der Waals surface area contributed by atoms with Crippen molar-refractivity contribution in [1.82, 2.24) is 9.97 Å². The molecule has 1 aromatic carbocycles. The zero-order valence-electron chi connectivity index (χ0n) is 15.0. The van der Waals surface area contributed by atoms with Crippen LogP contribution in [0, 0.1) is 24.5 Å². The van der Waals surface area contributed by atoms with E-state index in [1.54, 1.807) is 6.92 Å². The van der Waals surface area contributed by atoms with Crippen LogP contribution in [0.2, 0.25) is 5.15 Å². The predicted molar refractivity (Wildman–Crippen MR) is 102 cm³/mol. The molecule has 4 N–H and O–H groups in total. The van der Waals surface area contributed by atoms with Gasteiger partial charge in [0.05, 0.1) is 17.7 Å². The Morgan fingerprint density at radius 2 is 1.96 bits per heavy atom. The molecule has 9 heteroatoms. The lowest BCUT2D eigenvalue weighted by Gasteiger charge is -2.20. The van der Waals surface area contributed by atoms with Crippen LogP contribution in [0.25, 0.3) is 12.2 Å². The Morgan fingerprint density at radius 1 is 1.21 bits per heavy atom. The van der Waals surface area contributed by atoms with Gasteiger partial charge in [0.25, 0.3) is 0 Å². The van der Waals surface area contributed by atoms with Gasteiger partial charge in [0.1, 0.15) is 22.9 Å². The standard InChI is InChI=1S/C19H20ClF2N3O3/c1-9-23-18(20)12(6-5-10-3-2-4-13(21)15(10)22)19(24-9)25-14-7-11(8-26)16(27)17(14)28/h2-6,11,14,16-17,26-28H,7-8H2,1H3,(H,23,24,25)/b6-5+/t11-,14-,16-,17+/m1/s1. The number of rotatable bonds is 5. The molecular formula is C19H20ClF2N3O3. The van der Waals surface area contributed by atoms with Crippen LogP contribution in [-0.4, -0.2) is 50.1 Å². The minimum atomic E-state index is -1.11. The summed E-state index contributed by atoms with van der Waals surface area (Å²) in [4.78, 5) is 8.35. The van der Waals surface area contributed by atoms with Gasteiger partial charge < -0.3 is 20.6 Å². The molecule has 4 atom stereocenters. The lowest BCUT2D eigenvalue weighted by molar-refractivity contribution is 0.00445. The van der Waals surface area contributed by atoms with Gasteiger partial charge in [0.15, 0.2) is 11.6 Å². The van der Waals surface area contributed by atoms with Gasteiger partial charge in [-0.1, -0.05) is 29.8 Å². The fourth-order valence-corrected chi connectivity index (χ4v) is 3.53. The number of aliphatic hydroxyl groups is 3. The minimum absolute atomic E-state index is 0.0271. The monoisotopic (exact) mass is 411 g/mol. The number of aliphatic hydroxyl groups excluding tert-OH is 3. The van der Waals surface area contributed by atoms with Gasteiger partial charge in [0.2, 0.25) is 0 Å². The second-order valence-corrected chi connectivity index (χ2v) is 7.07. The highest BCUT2D eigenvalue weighted by atomic mass is 35.5. The van der Waals surface area contributed by atoms with Crippen LogP contribution in [0.4, 0.5) is 14.6 Å². The third-order valence-corrected chi connectivity index (χ3v) is 5.07. The number of anilines is 1. The van der Waals surface area contributed by atoms with Gasteiger partial charge in [-0.3, -0.25) is 0 Å². The Hall–Kier alpha value is -2.13. The number of halogens is 3. The fourth-order valence-electron chi connectivity index (χ4n) is 3.25. The lowest BCUT2D eigenvalue weighted by Crippen LogP contribution is -2.35. The van der Waals surface area contributed by atoms with Crippen LogP contribution >= 0.6 is 11.6 Å².